The van der Waals surface area contributed by atoms with Crippen molar-refractivity contribution in [3.05, 3.63) is 83.9 Å². The first-order valence-corrected chi connectivity index (χ1v) is 9.98. The molecule has 1 aliphatic heterocycles. The summed E-state index contributed by atoms with van der Waals surface area (Å²) in [5.74, 6) is 2.68. The lowest BCUT2D eigenvalue weighted by atomic mass is 10.1. The number of aliphatic imine (C=N–C) groups is 1. The molecule has 0 radical (unpaired) electrons. The number of hydrogen-bond acceptors (Lipinski definition) is 4. The molecule has 0 saturated carbocycles. The average molecular weight is 531 g/mol. The monoisotopic (exact) mass is 531 g/mol. The number of para-hydroxylation sites is 1. The molecule has 0 aliphatic carbocycles. The molecule has 0 unspecified atom stereocenters. The number of nitrogens with one attached hydrogen (secondary N) is 1. The summed E-state index contributed by atoms with van der Waals surface area (Å²) in [4.78, 5) is 4.42. The fourth-order valence-corrected chi connectivity index (χ4v) is 3.03. The van der Waals surface area contributed by atoms with Gasteiger partial charge in [0.1, 0.15) is 12.4 Å². The second kappa shape index (κ2) is 11.5. The number of nitrogens with zero attached hydrogens (tertiary/aromatic N) is 1. The molecular formula is C24H26IN3O3. The normalized spacial score (nSPS) is 13.0. The minimum absolute atomic E-state index is 0. The fraction of sp³-hybridized carbons (Fsp3) is 0.208. The van der Waals surface area contributed by atoms with E-state index in [1.807, 2.05) is 72.8 Å². The Morgan fingerprint density at radius 3 is 2.39 bits per heavy atom. The van der Waals surface area contributed by atoms with Crippen molar-refractivity contribution in [1.29, 1.82) is 0 Å². The molecule has 3 aromatic carbocycles. The molecule has 0 saturated heterocycles. The van der Waals surface area contributed by atoms with Crippen LogP contribution in [0.4, 0.5) is 5.69 Å². The number of anilines is 1. The Morgan fingerprint density at radius 1 is 0.903 bits per heavy atom. The van der Waals surface area contributed by atoms with Crippen LogP contribution in [0.2, 0.25) is 0 Å². The summed E-state index contributed by atoms with van der Waals surface area (Å²) < 4.78 is 17.1. The van der Waals surface area contributed by atoms with Crippen LogP contribution in [0.25, 0.3) is 0 Å². The van der Waals surface area contributed by atoms with Gasteiger partial charge in [0.2, 0.25) is 0 Å². The Kier molecular flexibility index (Phi) is 8.40. The molecule has 0 fully saturated rings. The van der Waals surface area contributed by atoms with Gasteiger partial charge in [-0.15, -0.1) is 24.0 Å². The highest BCUT2D eigenvalue weighted by Gasteiger charge is 2.10. The molecule has 162 valence electrons. The first-order chi connectivity index (χ1) is 14.8. The van der Waals surface area contributed by atoms with Crippen molar-refractivity contribution in [1.82, 2.24) is 0 Å². The van der Waals surface area contributed by atoms with Crippen molar-refractivity contribution in [2.24, 2.45) is 10.7 Å². The lowest BCUT2D eigenvalue weighted by Gasteiger charge is -2.11. The predicted octanol–water partition coefficient (Wildman–Crippen LogP) is 4.97. The largest absolute Gasteiger partial charge is 0.490 e. The highest BCUT2D eigenvalue weighted by Crippen LogP contribution is 2.32. The van der Waals surface area contributed by atoms with Crippen molar-refractivity contribution < 1.29 is 14.2 Å². The van der Waals surface area contributed by atoms with Gasteiger partial charge < -0.3 is 25.3 Å². The smallest absolute Gasteiger partial charge is 0.193 e. The lowest BCUT2D eigenvalue weighted by Crippen LogP contribution is -2.22. The third-order valence-electron chi connectivity index (χ3n) is 4.62. The third kappa shape index (κ3) is 6.78. The topological polar surface area (TPSA) is 78.1 Å². The second-order valence-electron chi connectivity index (χ2n) is 6.96. The van der Waals surface area contributed by atoms with Gasteiger partial charge in [-0.2, -0.15) is 0 Å². The van der Waals surface area contributed by atoms with E-state index in [0.29, 0.717) is 32.3 Å². The summed E-state index contributed by atoms with van der Waals surface area (Å²) in [5, 5.41) is 3.10. The molecule has 1 aliphatic rings. The van der Waals surface area contributed by atoms with Crippen LogP contribution in [0.5, 0.6) is 17.2 Å². The molecule has 0 bridgehead atoms. The second-order valence-corrected chi connectivity index (χ2v) is 6.96. The molecule has 31 heavy (non-hydrogen) atoms. The van der Waals surface area contributed by atoms with E-state index in [4.69, 9.17) is 19.9 Å². The SMILES string of the molecule is I.NC(=NCc1ccc(COc2ccccc2)cc1)Nc1ccc2c(c1)OCCCO2. The summed E-state index contributed by atoms with van der Waals surface area (Å²) in [6.45, 7) is 2.33. The van der Waals surface area contributed by atoms with E-state index in [-0.39, 0.29) is 24.0 Å². The molecule has 4 rings (SSSR count). The summed E-state index contributed by atoms with van der Waals surface area (Å²) in [5.41, 5.74) is 9.04. The van der Waals surface area contributed by atoms with Gasteiger partial charge >= 0.3 is 0 Å². The van der Waals surface area contributed by atoms with Crippen LogP contribution in [-0.2, 0) is 13.2 Å². The maximum atomic E-state index is 6.05. The minimum atomic E-state index is 0. The summed E-state index contributed by atoms with van der Waals surface area (Å²) >= 11 is 0. The molecule has 0 spiro atoms. The lowest BCUT2D eigenvalue weighted by molar-refractivity contribution is 0.297. The van der Waals surface area contributed by atoms with Crippen molar-refractivity contribution in [2.45, 2.75) is 19.6 Å². The number of hydrogen-bond donors (Lipinski definition) is 2. The zero-order valence-corrected chi connectivity index (χ0v) is 19.5. The quantitative estimate of drug-likeness (QED) is 0.267. The number of fused-ring (bicyclic) bond motifs is 1. The minimum Gasteiger partial charge on any atom is -0.490 e. The third-order valence-corrected chi connectivity index (χ3v) is 4.62. The van der Waals surface area contributed by atoms with Gasteiger partial charge in [0.05, 0.1) is 19.8 Å². The highest BCUT2D eigenvalue weighted by atomic mass is 127. The van der Waals surface area contributed by atoms with Crippen molar-refractivity contribution in [3.8, 4) is 17.2 Å². The maximum absolute atomic E-state index is 6.05. The molecule has 3 N–H and O–H groups in total. The number of nitrogens with two attached hydrogens (primary N) is 1. The zero-order valence-electron chi connectivity index (χ0n) is 17.1. The molecule has 6 nitrogen and oxygen atoms in total. The molecule has 7 heteroatoms. The van der Waals surface area contributed by atoms with Crippen molar-refractivity contribution >= 4 is 35.6 Å². The van der Waals surface area contributed by atoms with Crippen molar-refractivity contribution in [3.63, 3.8) is 0 Å². The average Bonchev–Trinajstić information content (AvgIpc) is 3.03. The Bertz CT molecular complexity index is 995. The number of ether oxygens (including phenoxy) is 3. The van der Waals surface area contributed by atoms with Crippen LogP contribution in [0, 0.1) is 0 Å². The predicted molar refractivity (Wildman–Crippen MR) is 134 cm³/mol. The number of guanidine groups is 1. The fourth-order valence-electron chi connectivity index (χ4n) is 3.03. The van der Waals surface area contributed by atoms with Crippen LogP contribution in [0.15, 0.2) is 77.8 Å². The molecular weight excluding hydrogens is 505 g/mol. The summed E-state index contributed by atoms with van der Waals surface area (Å²) in [7, 11) is 0. The Morgan fingerprint density at radius 2 is 1.61 bits per heavy atom. The van der Waals surface area contributed by atoms with Gasteiger partial charge in [0.25, 0.3) is 0 Å². The first kappa shape index (κ1) is 22.7. The van der Waals surface area contributed by atoms with E-state index < -0.39 is 0 Å². The first-order valence-electron chi connectivity index (χ1n) is 9.98. The van der Waals surface area contributed by atoms with E-state index in [1.165, 1.54) is 0 Å². The highest BCUT2D eigenvalue weighted by molar-refractivity contribution is 14.0. The number of rotatable bonds is 6. The zero-order chi connectivity index (χ0) is 20.6. The van der Waals surface area contributed by atoms with Gasteiger partial charge in [-0.1, -0.05) is 42.5 Å². The van der Waals surface area contributed by atoms with E-state index in [9.17, 15) is 0 Å². The Balaban J connectivity index is 0.00000272. The summed E-state index contributed by atoms with van der Waals surface area (Å²) in [6, 6.07) is 23.6. The van der Waals surface area contributed by atoms with Gasteiger partial charge in [-0.3, -0.25) is 0 Å². The van der Waals surface area contributed by atoms with E-state index in [1.54, 1.807) is 0 Å². The molecule has 0 aromatic heterocycles. The molecule has 0 atom stereocenters. The van der Waals surface area contributed by atoms with Gasteiger partial charge in [-0.25, -0.2) is 4.99 Å². The molecule has 1 heterocycles. The number of benzene rings is 3. The van der Waals surface area contributed by atoms with Crippen molar-refractivity contribution in [2.75, 3.05) is 18.5 Å². The van der Waals surface area contributed by atoms with Crippen LogP contribution in [0.1, 0.15) is 17.5 Å². The molecule has 3 aromatic rings. The standard InChI is InChI=1S/C24H25N3O3.HI/c25-24(27-20-11-12-22-23(15-20)29-14-4-13-28-22)26-16-18-7-9-19(10-8-18)17-30-21-5-2-1-3-6-21;/h1-3,5-12,15H,4,13-14,16-17H2,(H3,25,26,27);1H. The van der Waals surface area contributed by atoms with E-state index >= 15 is 0 Å². The Hall–Kier alpha value is -2.94. The summed E-state index contributed by atoms with van der Waals surface area (Å²) in [6.07, 6.45) is 0.873. The van der Waals surface area contributed by atoms with Crippen LogP contribution in [0.3, 0.4) is 0 Å². The van der Waals surface area contributed by atoms with Gasteiger partial charge in [0, 0.05) is 18.2 Å². The van der Waals surface area contributed by atoms with E-state index in [0.717, 1.165) is 40.5 Å². The van der Waals surface area contributed by atoms with Gasteiger partial charge in [0.15, 0.2) is 17.5 Å². The van der Waals surface area contributed by atoms with Gasteiger partial charge in [-0.05, 0) is 35.4 Å². The van der Waals surface area contributed by atoms with E-state index in [2.05, 4.69) is 10.3 Å². The molecule has 0 amide bonds. The van der Waals surface area contributed by atoms with Crippen LogP contribution in [-0.4, -0.2) is 19.2 Å². The Labute approximate surface area is 199 Å². The van der Waals surface area contributed by atoms with Crippen LogP contribution < -0.4 is 25.3 Å². The number of halogens is 1. The maximum Gasteiger partial charge on any atom is 0.193 e. The van der Waals surface area contributed by atoms with Crippen LogP contribution >= 0.6 is 24.0 Å².